The highest BCUT2D eigenvalue weighted by Gasteiger charge is 2.19. The van der Waals surface area contributed by atoms with E-state index in [1.54, 1.807) is 0 Å². The van der Waals surface area contributed by atoms with E-state index in [9.17, 15) is 17.6 Å². The number of ether oxygens (including phenoxy) is 1. The Kier molecular flexibility index (Phi) is 4.18. The van der Waals surface area contributed by atoms with Crippen LogP contribution in [0, 0.1) is 5.82 Å². The van der Waals surface area contributed by atoms with Crippen molar-refractivity contribution in [1.29, 1.82) is 0 Å². The summed E-state index contributed by atoms with van der Waals surface area (Å²) in [6, 6.07) is 1.53. The summed E-state index contributed by atoms with van der Waals surface area (Å²) >= 11 is 5.51. The van der Waals surface area contributed by atoms with Crippen molar-refractivity contribution in [3.63, 3.8) is 0 Å². The van der Waals surface area contributed by atoms with Gasteiger partial charge in [-0.2, -0.15) is 0 Å². The SMILES string of the molecule is COC(=O)Nc1cc(S(=O)(=O)Cl)c(Cl)cc1F. The lowest BCUT2D eigenvalue weighted by Crippen LogP contribution is -2.12. The smallest absolute Gasteiger partial charge is 0.411 e. The van der Waals surface area contributed by atoms with Gasteiger partial charge in [0.1, 0.15) is 10.7 Å². The van der Waals surface area contributed by atoms with Crippen molar-refractivity contribution < 1.29 is 22.3 Å². The Hall–Kier alpha value is -1.05. The fraction of sp³-hybridized carbons (Fsp3) is 0.125. The summed E-state index contributed by atoms with van der Waals surface area (Å²) in [5.74, 6) is -0.913. The molecule has 0 bridgehead atoms. The quantitative estimate of drug-likeness (QED) is 0.852. The molecule has 1 aromatic rings. The van der Waals surface area contributed by atoms with Crippen LogP contribution in [0.5, 0.6) is 0 Å². The number of amides is 1. The fourth-order valence-electron chi connectivity index (χ4n) is 0.973. The molecule has 1 rings (SSSR count). The first-order chi connectivity index (χ1) is 7.75. The number of anilines is 1. The van der Waals surface area contributed by atoms with Crippen LogP contribution in [-0.2, 0) is 13.8 Å². The first kappa shape index (κ1) is 14.0. The van der Waals surface area contributed by atoms with Crippen LogP contribution in [0.2, 0.25) is 5.02 Å². The molecule has 0 aliphatic heterocycles. The zero-order valence-corrected chi connectivity index (χ0v) is 10.7. The number of halogens is 3. The topological polar surface area (TPSA) is 72.5 Å². The first-order valence-electron chi connectivity index (χ1n) is 4.04. The molecule has 94 valence electrons. The van der Waals surface area contributed by atoms with Crippen LogP contribution < -0.4 is 5.32 Å². The number of hydrogen-bond acceptors (Lipinski definition) is 4. The van der Waals surface area contributed by atoms with Crippen LogP contribution in [0.4, 0.5) is 14.9 Å². The lowest BCUT2D eigenvalue weighted by Gasteiger charge is -2.07. The van der Waals surface area contributed by atoms with E-state index in [4.69, 9.17) is 22.3 Å². The predicted molar refractivity (Wildman–Crippen MR) is 60.5 cm³/mol. The minimum absolute atomic E-state index is 0.382. The van der Waals surface area contributed by atoms with Gasteiger partial charge in [-0.25, -0.2) is 17.6 Å². The minimum atomic E-state index is -4.13. The van der Waals surface area contributed by atoms with Crippen molar-refractivity contribution in [3.05, 3.63) is 23.0 Å². The molecular formula is C8H6Cl2FNO4S. The molecule has 0 aliphatic rings. The number of hydrogen-bond donors (Lipinski definition) is 1. The molecule has 0 radical (unpaired) electrons. The number of benzene rings is 1. The Morgan fingerprint density at radius 1 is 1.47 bits per heavy atom. The van der Waals surface area contributed by atoms with Gasteiger partial charge >= 0.3 is 6.09 Å². The van der Waals surface area contributed by atoms with Gasteiger partial charge in [0.15, 0.2) is 0 Å². The van der Waals surface area contributed by atoms with Gasteiger partial charge in [-0.15, -0.1) is 0 Å². The average molecular weight is 302 g/mol. The maximum absolute atomic E-state index is 13.3. The van der Waals surface area contributed by atoms with Crippen LogP contribution in [0.1, 0.15) is 0 Å². The maximum atomic E-state index is 13.3. The maximum Gasteiger partial charge on any atom is 0.411 e. The fourth-order valence-corrected chi connectivity index (χ4v) is 2.48. The molecule has 5 nitrogen and oxygen atoms in total. The Labute approximate surface area is 106 Å². The zero-order chi connectivity index (χ0) is 13.2. The summed E-state index contributed by atoms with van der Waals surface area (Å²) in [7, 11) is 2.02. The minimum Gasteiger partial charge on any atom is -0.453 e. The summed E-state index contributed by atoms with van der Waals surface area (Å²) in [4.78, 5) is 10.4. The lowest BCUT2D eigenvalue weighted by molar-refractivity contribution is 0.186. The van der Waals surface area contributed by atoms with E-state index in [0.717, 1.165) is 19.2 Å². The Bertz CT molecular complexity index is 561. The highest BCUT2D eigenvalue weighted by Crippen LogP contribution is 2.30. The van der Waals surface area contributed by atoms with Crippen molar-refractivity contribution in [2.45, 2.75) is 4.90 Å². The van der Waals surface area contributed by atoms with Gasteiger partial charge in [-0.1, -0.05) is 11.6 Å². The second-order valence-corrected chi connectivity index (χ2v) is 5.76. The number of carbonyl (C=O) groups is 1. The molecule has 1 aromatic carbocycles. The van der Waals surface area contributed by atoms with E-state index in [1.165, 1.54) is 0 Å². The molecule has 0 unspecified atom stereocenters. The third-order valence-corrected chi connectivity index (χ3v) is 3.49. The van der Waals surface area contributed by atoms with Crippen molar-refractivity contribution >= 4 is 43.1 Å². The number of carbonyl (C=O) groups excluding carboxylic acids is 1. The van der Waals surface area contributed by atoms with Crippen molar-refractivity contribution in [2.24, 2.45) is 0 Å². The molecule has 0 aliphatic carbocycles. The van der Waals surface area contributed by atoms with Crippen LogP contribution in [0.25, 0.3) is 0 Å². The van der Waals surface area contributed by atoms with Crippen molar-refractivity contribution in [3.8, 4) is 0 Å². The molecule has 17 heavy (non-hydrogen) atoms. The third kappa shape index (κ3) is 3.45. The average Bonchev–Trinajstić information content (AvgIpc) is 2.19. The van der Waals surface area contributed by atoms with E-state index in [1.807, 2.05) is 5.32 Å². The normalized spacial score (nSPS) is 11.1. The standard InChI is InChI=1S/C8H6Cl2FNO4S/c1-16-8(13)12-6-3-7(17(10,14)15)4(9)2-5(6)11/h2-3H,1H3,(H,12,13). The van der Waals surface area contributed by atoms with Gasteiger partial charge in [-0.3, -0.25) is 5.32 Å². The van der Waals surface area contributed by atoms with E-state index in [2.05, 4.69) is 4.74 Å². The highest BCUT2D eigenvalue weighted by molar-refractivity contribution is 8.13. The Morgan fingerprint density at radius 2 is 2.06 bits per heavy atom. The van der Waals surface area contributed by atoms with Crippen LogP contribution in [-0.4, -0.2) is 21.6 Å². The van der Waals surface area contributed by atoms with Gasteiger partial charge in [0.05, 0.1) is 17.8 Å². The first-order valence-corrected chi connectivity index (χ1v) is 6.73. The van der Waals surface area contributed by atoms with Crippen LogP contribution >= 0.6 is 22.3 Å². The Balaban J connectivity index is 3.29. The van der Waals surface area contributed by atoms with Gasteiger partial charge in [0.25, 0.3) is 9.05 Å². The summed E-state index contributed by atoms with van der Waals surface area (Å²) in [6.45, 7) is 0. The second kappa shape index (κ2) is 5.07. The molecule has 0 spiro atoms. The largest absolute Gasteiger partial charge is 0.453 e. The summed E-state index contributed by atoms with van der Waals surface area (Å²) < 4.78 is 39.7. The number of methoxy groups -OCH3 is 1. The molecule has 0 saturated carbocycles. The van der Waals surface area contributed by atoms with Gasteiger partial charge in [0, 0.05) is 10.7 Å². The Morgan fingerprint density at radius 3 is 2.53 bits per heavy atom. The van der Waals surface area contributed by atoms with Crippen molar-refractivity contribution in [2.75, 3.05) is 12.4 Å². The summed E-state index contributed by atoms with van der Waals surface area (Å²) in [5.41, 5.74) is -0.402. The molecule has 0 saturated heterocycles. The zero-order valence-electron chi connectivity index (χ0n) is 8.33. The molecule has 0 atom stereocenters. The molecule has 0 heterocycles. The van der Waals surface area contributed by atoms with Gasteiger partial charge < -0.3 is 4.74 Å². The number of nitrogens with one attached hydrogen (secondary N) is 1. The van der Waals surface area contributed by atoms with Gasteiger partial charge in [0.2, 0.25) is 0 Å². The van der Waals surface area contributed by atoms with E-state index in [-0.39, 0.29) is 5.02 Å². The predicted octanol–water partition coefficient (Wildman–Crippen LogP) is 2.58. The van der Waals surface area contributed by atoms with Crippen molar-refractivity contribution in [1.82, 2.24) is 0 Å². The third-order valence-electron chi connectivity index (χ3n) is 1.71. The lowest BCUT2D eigenvalue weighted by atomic mass is 10.3. The van der Waals surface area contributed by atoms with E-state index >= 15 is 0 Å². The molecular weight excluding hydrogens is 296 g/mol. The van der Waals surface area contributed by atoms with E-state index in [0.29, 0.717) is 0 Å². The van der Waals surface area contributed by atoms with Crippen LogP contribution in [0.3, 0.4) is 0 Å². The summed E-state index contributed by atoms with van der Waals surface area (Å²) in [6.07, 6.45) is -0.954. The summed E-state index contributed by atoms with van der Waals surface area (Å²) in [5, 5.41) is 1.60. The number of rotatable bonds is 2. The van der Waals surface area contributed by atoms with Gasteiger partial charge in [-0.05, 0) is 12.1 Å². The monoisotopic (exact) mass is 301 g/mol. The molecule has 0 fully saturated rings. The molecule has 9 heteroatoms. The molecule has 0 aromatic heterocycles. The molecule has 1 amide bonds. The highest BCUT2D eigenvalue weighted by atomic mass is 35.7. The second-order valence-electron chi connectivity index (χ2n) is 2.82. The molecule has 1 N–H and O–H groups in total. The van der Waals surface area contributed by atoms with Crippen LogP contribution in [0.15, 0.2) is 17.0 Å². The van der Waals surface area contributed by atoms with E-state index < -0.39 is 31.5 Å².